The van der Waals surface area contributed by atoms with Crippen molar-refractivity contribution in [1.29, 1.82) is 0 Å². The molecule has 0 saturated carbocycles. The van der Waals surface area contributed by atoms with Crippen molar-refractivity contribution in [2.75, 3.05) is 16.2 Å². The first-order valence-corrected chi connectivity index (χ1v) is 10.2. The summed E-state index contributed by atoms with van der Waals surface area (Å²) < 4.78 is 53.8. The van der Waals surface area contributed by atoms with Gasteiger partial charge in [0.05, 0.1) is 12.4 Å². The molecular formula is C24H17F4N7. The zero-order valence-corrected chi connectivity index (χ0v) is 17.9. The Morgan fingerprint density at radius 3 is 1.80 bits per heavy atom. The van der Waals surface area contributed by atoms with Gasteiger partial charge in [0.1, 0.15) is 29.1 Å². The number of aromatic nitrogens is 2. The lowest BCUT2D eigenvalue weighted by Gasteiger charge is -2.09. The standard InChI is InChI=1S/C24H17F4N7/c25-17-8-6-15(20(27)10-17)13-29-34-23-12-22(31-19-4-2-1-3-5-19)32-24(33-23)35-30-14-16-7-9-18(26)11-21(16)28/h1-14H,(H3,31,32,33,34,35). The number of hydrazone groups is 2. The van der Waals surface area contributed by atoms with Gasteiger partial charge < -0.3 is 5.32 Å². The van der Waals surface area contributed by atoms with E-state index in [1.807, 2.05) is 30.3 Å². The third kappa shape index (κ3) is 6.60. The van der Waals surface area contributed by atoms with E-state index in [-0.39, 0.29) is 22.9 Å². The number of halogens is 4. The van der Waals surface area contributed by atoms with E-state index in [0.717, 1.165) is 36.2 Å². The van der Waals surface area contributed by atoms with E-state index in [0.29, 0.717) is 5.82 Å². The molecule has 4 aromatic rings. The van der Waals surface area contributed by atoms with Gasteiger partial charge in [0, 0.05) is 35.0 Å². The van der Waals surface area contributed by atoms with Crippen molar-refractivity contribution in [2.45, 2.75) is 0 Å². The predicted octanol–water partition coefficient (Wildman–Crippen LogP) is 5.67. The highest BCUT2D eigenvalue weighted by Crippen LogP contribution is 2.19. The molecule has 3 aromatic carbocycles. The molecule has 0 radical (unpaired) electrons. The molecule has 176 valence electrons. The zero-order valence-electron chi connectivity index (χ0n) is 17.9. The Balaban J connectivity index is 1.55. The van der Waals surface area contributed by atoms with E-state index in [1.54, 1.807) is 6.07 Å². The topological polar surface area (TPSA) is 86.6 Å². The molecule has 1 heterocycles. The average Bonchev–Trinajstić information content (AvgIpc) is 2.82. The maximum absolute atomic E-state index is 13.8. The largest absolute Gasteiger partial charge is 0.340 e. The second kappa shape index (κ2) is 10.9. The normalized spacial score (nSPS) is 11.2. The minimum atomic E-state index is -0.777. The Hall–Kier alpha value is -4.80. The van der Waals surface area contributed by atoms with Gasteiger partial charge in [-0.3, -0.25) is 5.43 Å². The van der Waals surface area contributed by atoms with Crippen molar-refractivity contribution in [3.05, 3.63) is 107 Å². The maximum atomic E-state index is 13.8. The number of para-hydroxylation sites is 1. The first-order valence-electron chi connectivity index (χ1n) is 10.2. The number of nitrogens with one attached hydrogen (secondary N) is 3. The molecule has 1 aromatic heterocycles. The predicted molar refractivity (Wildman–Crippen MR) is 127 cm³/mol. The van der Waals surface area contributed by atoms with Crippen molar-refractivity contribution < 1.29 is 17.6 Å². The minimum absolute atomic E-state index is 0.0235. The molecule has 0 unspecified atom stereocenters. The van der Waals surface area contributed by atoms with Crippen molar-refractivity contribution in [2.24, 2.45) is 10.2 Å². The van der Waals surface area contributed by atoms with Crippen LogP contribution in [-0.4, -0.2) is 22.4 Å². The Morgan fingerprint density at radius 2 is 1.20 bits per heavy atom. The summed E-state index contributed by atoms with van der Waals surface area (Å²) in [6, 6.07) is 16.9. The molecule has 11 heteroatoms. The van der Waals surface area contributed by atoms with Gasteiger partial charge in [0.2, 0.25) is 5.95 Å². The van der Waals surface area contributed by atoms with Crippen LogP contribution in [0.1, 0.15) is 11.1 Å². The molecule has 4 rings (SSSR count). The van der Waals surface area contributed by atoms with Crippen molar-refractivity contribution in [3.8, 4) is 0 Å². The van der Waals surface area contributed by atoms with Gasteiger partial charge in [-0.2, -0.15) is 20.2 Å². The highest BCUT2D eigenvalue weighted by atomic mass is 19.1. The fraction of sp³-hybridized carbons (Fsp3) is 0. The Morgan fingerprint density at radius 1 is 0.629 bits per heavy atom. The van der Waals surface area contributed by atoms with Gasteiger partial charge in [-0.25, -0.2) is 23.0 Å². The number of hydrogen-bond acceptors (Lipinski definition) is 7. The van der Waals surface area contributed by atoms with Crippen LogP contribution in [-0.2, 0) is 0 Å². The monoisotopic (exact) mass is 479 g/mol. The fourth-order valence-electron chi connectivity index (χ4n) is 2.83. The highest BCUT2D eigenvalue weighted by molar-refractivity contribution is 5.81. The molecule has 0 aliphatic rings. The van der Waals surface area contributed by atoms with Gasteiger partial charge in [-0.05, 0) is 36.4 Å². The molecule has 0 bridgehead atoms. The zero-order chi connectivity index (χ0) is 24.6. The lowest BCUT2D eigenvalue weighted by atomic mass is 10.2. The second-order valence-corrected chi connectivity index (χ2v) is 7.02. The van der Waals surface area contributed by atoms with Crippen LogP contribution < -0.4 is 16.2 Å². The van der Waals surface area contributed by atoms with Crippen LogP contribution >= 0.6 is 0 Å². The Labute approximate surface area is 197 Å². The van der Waals surface area contributed by atoms with Crippen LogP contribution in [0.4, 0.5) is 40.8 Å². The molecule has 7 nitrogen and oxygen atoms in total. The molecule has 0 spiro atoms. The summed E-state index contributed by atoms with van der Waals surface area (Å²) in [6.45, 7) is 0. The molecule has 0 amide bonds. The third-order valence-corrected chi connectivity index (χ3v) is 4.45. The van der Waals surface area contributed by atoms with E-state index < -0.39 is 23.3 Å². The fourth-order valence-corrected chi connectivity index (χ4v) is 2.83. The third-order valence-electron chi connectivity index (χ3n) is 4.45. The molecule has 35 heavy (non-hydrogen) atoms. The second-order valence-electron chi connectivity index (χ2n) is 7.02. The van der Waals surface area contributed by atoms with Crippen LogP contribution in [0.2, 0.25) is 0 Å². The van der Waals surface area contributed by atoms with Gasteiger partial charge in [0.15, 0.2) is 5.82 Å². The van der Waals surface area contributed by atoms with E-state index in [9.17, 15) is 17.6 Å². The van der Waals surface area contributed by atoms with Gasteiger partial charge in [-0.1, -0.05) is 18.2 Å². The van der Waals surface area contributed by atoms with Crippen LogP contribution in [0.3, 0.4) is 0 Å². The van der Waals surface area contributed by atoms with Crippen molar-refractivity contribution >= 4 is 35.7 Å². The van der Waals surface area contributed by atoms with E-state index in [1.165, 1.54) is 18.3 Å². The first-order chi connectivity index (χ1) is 17.0. The first kappa shape index (κ1) is 23.4. The Bertz CT molecular complexity index is 1300. The summed E-state index contributed by atoms with van der Waals surface area (Å²) >= 11 is 0. The summed E-state index contributed by atoms with van der Waals surface area (Å²) in [5, 5.41) is 10.9. The van der Waals surface area contributed by atoms with Crippen LogP contribution in [0.5, 0.6) is 0 Å². The lowest BCUT2D eigenvalue weighted by Crippen LogP contribution is -2.04. The average molecular weight is 479 g/mol. The number of hydrogen-bond donors (Lipinski definition) is 3. The van der Waals surface area contributed by atoms with Crippen molar-refractivity contribution in [1.82, 2.24) is 9.97 Å². The molecule has 0 fully saturated rings. The number of rotatable bonds is 8. The number of anilines is 4. The quantitative estimate of drug-likeness (QED) is 0.172. The Kier molecular flexibility index (Phi) is 7.26. The van der Waals surface area contributed by atoms with E-state index in [2.05, 4.69) is 36.3 Å². The molecule has 0 atom stereocenters. The van der Waals surface area contributed by atoms with Crippen LogP contribution in [0, 0.1) is 23.3 Å². The lowest BCUT2D eigenvalue weighted by molar-refractivity contribution is 0.581. The molecular weight excluding hydrogens is 462 g/mol. The van der Waals surface area contributed by atoms with Crippen molar-refractivity contribution in [3.63, 3.8) is 0 Å². The van der Waals surface area contributed by atoms with Crippen LogP contribution in [0.15, 0.2) is 83.0 Å². The van der Waals surface area contributed by atoms with Crippen LogP contribution in [0.25, 0.3) is 0 Å². The summed E-state index contributed by atoms with van der Waals surface area (Å²) in [6.07, 6.45) is 2.32. The molecule has 0 aliphatic carbocycles. The van der Waals surface area contributed by atoms with Gasteiger partial charge in [0.25, 0.3) is 0 Å². The smallest absolute Gasteiger partial charge is 0.247 e. The van der Waals surface area contributed by atoms with E-state index >= 15 is 0 Å². The number of benzene rings is 3. The summed E-state index contributed by atoms with van der Waals surface area (Å²) in [5.74, 6) is -2.35. The van der Waals surface area contributed by atoms with E-state index in [4.69, 9.17) is 0 Å². The van der Waals surface area contributed by atoms with Gasteiger partial charge >= 0.3 is 0 Å². The number of nitrogens with zero attached hydrogens (tertiary/aromatic N) is 4. The highest BCUT2D eigenvalue weighted by Gasteiger charge is 2.06. The summed E-state index contributed by atoms with van der Waals surface area (Å²) in [7, 11) is 0. The SMILES string of the molecule is Fc1ccc(C=NNc2cc(Nc3ccccc3)nc(NN=Cc3ccc(F)cc3F)n2)c(F)c1. The molecule has 0 aliphatic heterocycles. The minimum Gasteiger partial charge on any atom is -0.340 e. The maximum Gasteiger partial charge on any atom is 0.247 e. The van der Waals surface area contributed by atoms with Gasteiger partial charge in [-0.15, -0.1) is 0 Å². The summed E-state index contributed by atoms with van der Waals surface area (Å²) in [5.41, 5.74) is 6.10. The molecule has 0 saturated heterocycles. The molecule has 3 N–H and O–H groups in total. The summed E-state index contributed by atoms with van der Waals surface area (Å²) in [4.78, 5) is 8.49.